The molecule has 0 saturated carbocycles. The van der Waals surface area contributed by atoms with Gasteiger partial charge < -0.3 is 5.11 Å². The number of hydrazine groups is 1. The van der Waals surface area contributed by atoms with Crippen molar-refractivity contribution in [2.24, 2.45) is 0 Å². The van der Waals surface area contributed by atoms with E-state index in [1.54, 1.807) is 0 Å². The second-order valence-electron chi connectivity index (χ2n) is 4.15. The lowest BCUT2D eigenvalue weighted by atomic mass is 10.2. The van der Waals surface area contributed by atoms with Crippen molar-refractivity contribution in [1.82, 2.24) is 5.17 Å². The highest BCUT2D eigenvalue weighted by atomic mass is 19.4. The molecule has 0 radical (unpaired) electrons. The summed E-state index contributed by atoms with van der Waals surface area (Å²) in [5.74, 6) is -1.08. The van der Waals surface area contributed by atoms with Gasteiger partial charge in [0.15, 0.2) is 0 Å². The topological polar surface area (TPSA) is 61.8 Å². The summed E-state index contributed by atoms with van der Waals surface area (Å²) < 4.78 is 37.8. The molecule has 2 N–H and O–H groups in total. The molecule has 1 aliphatic rings. The standard InChI is InChI=1S/C12H11F3N2O3/c1-7-10(12(13,14)15)6-17(20-7)16-9-4-2-8(3-5-9)11(18)19/h2-7,16H,1H3,(H,18,19). The molecule has 1 heterocycles. The Morgan fingerprint density at radius 1 is 1.35 bits per heavy atom. The number of carboxylic acids is 1. The number of rotatable bonds is 3. The molecule has 1 aromatic rings. The van der Waals surface area contributed by atoms with Gasteiger partial charge in [0.1, 0.15) is 6.10 Å². The molecule has 0 amide bonds. The summed E-state index contributed by atoms with van der Waals surface area (Å²) in [4.78, 5) is 15.6. The number of nitrogens with zero attached hydrogens (tertiary/aromatic N) is 1. The summed E-state index contributed by atoms with van der Waals surface area (Å²) in [6.07, 6.45) is -4.75. The Kier molecular flexibility index (Phi) is 3.58. The van der Waals surface area contributed by atoms with Crippen molar-refractivity contribution in [3.8, 4) is 0 Å². The number of anilines is 1. The van der Waals surface area contributed by atoms with Crippen LogP contribution in [0.4, 0.5) is 18.9 Å². The van der Waals surface area contributed by atoms with Crippen LogP contribution in [0.2, 0.25) is 0 Å². The Labute approximate surface area is 112 Å². The molecule has 108 valence electrons. The number of hydroxylamine groups is 1. The highest BCUT2D eigenvalue weighted by Crippen LogP contribution is 2.34. The minimum Gasteiger partial charge on any atom is -0.478 e. The van der Waals surface area contributed by atoms with E-state index in [1.807, 2.05) is 0 Å². The summed E-state index contributed by atoms with van der Waals surface area (Å²) in [6.45, 7) is 1.29. The van der Waals surface area contributed by atoms with Crippen LogP contribution in [0, 0.1) is 0 Å². The summed E-state index contributed by atoms with van der Waals surface area (Å²) in [7, 11) is 0. The molecule has 1 atom stereocenters. The van der Waals surface area contributed by atoms with Crippen molar-refractivity contribution < 1.29 is 27.9 Å². The first-order chi connectivity index (χ1) is 9.27. The maximum atomic E-state index is 12.6. The van der Waals surface area contributed by atoms with E-state index >= 15 is 0 Å². The van der Waals surface area contributed by atoms with Crippen molar-refractivity contribution in [1.29, 1.82) is 0 Å². The van der Waals surface area contributed by atoms with Crippen molar-refractivity contribution >= 4 is 11.7 Å². The zero-order valence-corrected chi connectivity index (χ0v) is 10.3. The smallest absolute Gasteiger partial charge is 0.416 e. The van der Waals surface area contributed by atoms with Crippen molar-refractivity contribution in [2.45, 2.75) is 19.2 Å². The molecule has 0 fully saturated rings. The summed E-state index contributed by atoms with van der Waals surface area (Å²) in [5, 5.41) is 9.58. The van der Waals surface area contributed by atoms with Crippen LogP contribution in [0.3, 0.4) is 0 Å². The van der Waals surface area contributed by atoms with Gasteiger partial charge in [-0.25, -0.2) is 9.63 Å². The molecule has 1 aliphatic heterocycles. The van der Waals surface area contributed by atoms with E-state index in [-0.39, 0.29) is 5.56 Å². The minimum atomic E-state index is -4.46. The van der Waals surface area contributed by atoms with Gasteiger partial charge in [-0.1, -0.05) is 0 Å². The fourth-order valence-electron chi connectivity index (χ4n) is 1.67. The van der Waals surface area contributed by atoms with Crippen molar-refractivity contribution in [3.63, 3.8) is 0 Å². The number of benzene rings is 1. The lowest BCUT2D eigenvalue weighted by Gasteiger charge is -2.18. The van der Waals surface area contributed by atoms with E-state index in [9.17, 15) is 18.0 Å². The van der Waals surface area contributed by atoms with E-state index in [4.69, 9.17) is 9.94 Å². The maximum Gasteiger partial charge on any atom is 0.416 e. The summed E-state index contributed by atoms with van der Waals surface area (Å²) >= 11 is 0. The van der Waals surface area contributed by atoms with Crippen LogP contribution < -0.4 is 5.43 Å². The molecule has 1 unspecified atom stereocenters. The van der Waals surface area contributed by atoms with E-state index in [0.29, 0.717) is 5.69 Å². The van der Waals surface area contributed by atoms with Gasteiger partial charge in [0, 0.05) is 0 Å². The third kappa shape index (κ3) is 3.02. The van der Waals surface area contributed by atoms with Crippen LogP contribution in [0.1, 0.15) is 17.3 Å². The van der Waals surface area contributed by atoms with Gasteiger partial charge in [-0.05, 0) is 31.2 Å². The van der Waals surface area contributed by atoms with Gasteiger partial charge in [0.2, 0.25) is 0 Å². The monoisotopic (exact) mass is 288 g/mol. The quantitative estimate of drug-likeness (QED) is 0.895. The molecular weight excluding hydrogens is 277 g/mol. The highest BCUT2D eigenvalue weighted by Gasteiger charge is 2.42. The molecule has 0 aliphatic carbocycles. The van der Waals surface area contributed by atoms with Crippen LogP contribution in [0.25, 0.3) is 0 Å². The first-order valence-electron chi connectivity index (χ1n) is 5.62. The molecule has 20 heavy (non-hydrogen) atoms. The van der Waals surface area contributed by atoms with Gasteiger partial charge >= 0.3 is 12.1 Å². The molecule has 2 rings (SSSR count). The number of carbonyl (C=O) groups is 1. The second-order valence-corrected chi connectivity index (χ2v) is 4.15. The van der Waals surface area contributed by atoms with Gasteiger partial charge in [-0.2, -0.15) is 18.3 Å². The van der Waals surface area contributed by atoms with Crippen LogP contribution in [0.15, 0.2) is 36.0 Å². The van der Waals surface area contributed by atoms with Gasteiger partial charge in [0.05, 0.1) is 23.0 Å². The normalized spacial score (nSPS) is 18.9. The van der Waals surface area contributed by atoms with E-state index in [2.05, 4.69) is 5.43 Å². The molecule has 1 aromatic carbocycles. The molecular formula is C12H11F3N2O3. The average molecular weight is 288 g/mol. The fourth-order valence-corrected chi connectivity index (χ4v) is 1.67. The summed E-state index contributed by atoms with van der Waals surface area (Å²) in [6, 6.07) is 5.52. The Morgan fingerprint density at radius 2 is 1.95 bits per heavy atom. The zero-order valence-electron chi connectivity index (χ0n) is 10.3. The van der Waals surface area contributed by atoms with Crippen LogP contribution in [-0.4, -0.2) is 28.5 Å². The molecule has 5 nitrogen and oxygen atoms in total. The number of hydrogen-bond acceptors (Lipinski definition) is 4. The molecule has 8 heteroatoms. The Hall–Kier alpha value is -2.22. The van der Waals surface area contributed by atoms with E-state index < -0.39 is 23.8 Å². The number of halogens is 3. The van der Waals surface area contributed by atoms with Crippen molar-refractivity contribution in [2.75, 3.05) is 5.43 Å². The average Bonchev–Trinajstić information content (AvgIpc) is 2.70. The molecule has 0 aromatic heterocycles. The minimum absolute atomic E-state index is 0.0813. The third-order valence-corrected chi connectivity index (χ3v) is 2.66. The predicted molar refractivity (Wildman–Crippen MR) is 63.5 cm³/mol. The van der Waals surface area contributed by atoms with E-state index in [1.165, 1.54) is 31.2 Å². The van der Waals surface area contributed by atoms with Crippen molar-refractivity contribution in [3.05, 3.63) is 41.6 Å². The number of alkyl halides is 3. The second kappa shape index (κ2) is 5.04. The third-order valence-electron chi connectivity index (χ3n) is 2.66. The number of carboxylic acid groups (broad SMARTS) is 1. The first-order valence-corrected chi connectivity index (χ1v) is 5.62. The lowest BCUT2D eigenvalue weighted by Crippen LogP contribution is -2.24. The molecule has 0 saturated heterocycles. The predicted octanol–water partition coefficient (Wildman–Crippen LogP) is 2.79. The summed E-state index contributed by atoms with van der Waals surface area (Å²) in [5.41, 5.74) is 2.27. The van der Waals surface area contributed by atoms with Gasteiger partial charge in [-0.3, -0.25) is 5.43 Å². The Bertz CT molecular complexity index is 540. The van der Waals surface area contributed by atoms with Crippen LogP contribution >= 0.6 is 0 Å². The fraction of sp³-hybridized carbons (Fsp3) is 0.250. The van der Waals surface area contributed by atoms with E-state index in [0.717, 1.165) is 11.4 Å². The van der Waals surface area contributed by atoms with Crippen LogP contribution in [-0.2, 0) is 4.84 Å². The molecule has 0 bridgehead atoms. The SMILES string of the molecule is CC1ON(Nc2ccc(C(=O)O)cc2)C=C1C(F)(F)F. The maximum absolute atomic E-state index is 12.6. The van der Waals surface area contributed by atoms with Crippen LogP contribution in [0.5, 0.6) is 0 Å². The number of nitrogens with one attached hydrogen (secondary N) is 1. The lowest BCUT2D eigenvalue weighted by molar-refractivity contribution is -0.133. The Balaban J connectivity index is 2.08. The zero-order chi connectivity index (χ0) is 14.9. The molecule has 0 spiro atoms. The first kappa shape index (κ1) is 14.2. The number of hydrogen-bond donors (Lipinski definition) is 2. The number of aromatic carboxylic acids is 1. The van der Waals surface area contributed by atoms with Gasteiger partial charge in [-0.15, -0.1) is 0 Å². The largest absolute Gasteiger partial charge is 0.478 e. The highest BCUT2D eigenvalue weighted by molar-refractivity contribution is 5.87. The Morgan fingerprint density at radius 3 is 2.40 bits per heavy atom. The van der Waals surface area contributed by atoms with Gasteiger partial charge in [0.25, 0.3) is 0 Å².